The number of nitrogens with zero attached hydrogens (tertiary/aromatic N) is 1. The van der Waals surface area contributed by atoms with Gasteiger partial charge in [0.15, 0.2) is 8.32 Å². The largest absolute Gasteiger partial charge is 0.464 e. The van der Waals surface area contributed by atoms with Crippen LogP contribution in [-0.2, 0) is 24.8 Å². The summed E-state index contributed by atoms with van der Waals surface area (Å²) in [5, 5.41) is 9.68. The number of halogens is 2. The third kappa shape index (κ3) is 4.96. The highest BCUT2D eigenvalue weighted by atomic mass is 32.2. The van der Waals surface area contributed by atoms with Gasteiger partial charge >= 0.3 is 16.4 Å². The lowest BCUT2D eigenvalue weighted by atomic mass is 9.68. The van der Waals surface area contributed by atoms with E-state index in [-0.39, 0.29) is 10.6 Å². The van der Waals surface area contributed by atoms with E-state index in [1.165, 1.54) is 24.3 Å². The highest BCUT2D eigenvalue weighted by molar-refractivity contribution is 7.85. The van der Waals surface area contributed by atoms with Gasteiger partial charge in [-0.3, -0.25) is 4.18 Å². The van der Waals surface area contributed by atoms with Gasteiger partial charge < -0.3 is 9.53 Å². The Kier molecular flexibility index (Phi) is 6.95. The van der Waals surface area contributed by atoms with Crippen LogP contribution in [0.1, 0.15) is 65.7 Å². The number of alkyl halides is 2. The first-order chi connectivity index (χ1) is 14.6. The molecule has 0 aliphatic carbocycles. The Morgan fingerprint density at radius 3 is 1.97 bits per heavy atom. The van der Waals surface area contributed by atoms with E-state index in [0.717, 1.165) is 6.92 Å². The second-order valence-corrected chi connectivity index (χ2v) is 17.4. The number of carboxylic acid groups (broad SMARTS) is 1. The fourth-order valence-electron chi connectivity index (χ4n) is 3.70. The molecule has 1 saturated heterocycles. The number of hydrogen-bond acceptors (Lipinski definition) is 5. The van der Waals surface area contributed by atoms with E-state index in [2.05, 4.69) is 0 Å². The highest BCUT2D eigenvalue weighted by Crippen LogP contribution is 2.54. The van der Waals surface area contributed by atoms with Crippen LogP contribution in [0.4, 0.5) is 13.6 Å². The molecule has 2 atom stereocenters. The Hall–Kier alpha value is -1.56. The average Bonchev–Trinajstić information content (AvgIpc) is 2.90. The molecular formula is C22H35F2NO6SSi. The fourth-order valence-corrected chi connectivity index (χ4v) is 6.42. The van der Waals surface area contributed by atoms with Crippen molar-refractivity contribution in [3.05, 3.63) is 35.4 Å². The number of hydrogen-bond donors (Lipinski definition) is 1. The normalized spacial score (nSPS) is 22.9. The van der Waals surface area contributed by atoms with Crippen molar-refractivity contribution in [3.8, 4) is 0 Å². The molecule has 1 aliphatic rings. The SMILES string of the molecule is CC(F)(F)c1ccc([C@H](O[Si](C)(C)C(C)(C)C)[C@@]2(C(C)(C)C)COS(=O)(=O)N2C(=O)O)cc1. The first-order valence-corrected chi connectivity index (χ1v) is 14.9. The minimum Gasteiger partial charge on any atom is -0.464 e. The highest BCUT2D eigenvalue weighted by Gasteiger charge is 2.66. The predicted molar refractivity (Wildman–Crippen MR) is 124 cm³/mol. The number of amides is 1. The van der Waals surface area contributed by atoms with E-state index in [1.807, 2.05) is 33.9 Å². The van der Waals surface area contributed by atoms with E-state index >= 15 is 0 Å². The third-order valence-corrected chi connectivity index (χ3v) is 12.6. The molecule has 1 fully saturated rings. The van der Waals surface area contributed by atoms with E-state index in [4.69, 9.17) is 8.61 Å². The molecule has 11 heteroatoms. The number of rotatable bonds is 5. The minimum atomic E-state index is -4.60. The number of carbonyl (C=O) groups is 1. The molecule has 0 unspecified atom stereocenters. The molecule has 1 aromatic rings. The summed E-state index contributed by atoms with van der Waals surface area (Å²) in [5.74, 6) is -3.07. The van der Waals surface area contributed by atoms with Gasteiger partial charge in [0.2, 0.25) is 0 Å². The fraction of sp³-hybridized carbons (Fsp3) is 0.682. The minimum absolute atomic E-state index is 0.215. The molecule has 0 spiro atoms. The summed E-state index contributed by atoms with van der Waals surface area (Å²) in [6.45, 7) is 15.4. The van der Waals surface area contributed by atoms with Gasteiger partial charge in [0, 0.05) is 12.5 Å². The summed E-state index contributed by atoms with van der Waals surface area (Å²) < 4.78 is 65.3. The summed E-state index contributed by atoms with van der Waals surface area (Å²) in [5.41, 5.74) is -2.47. The smallest absolute Gasteiger partial charge is 0.423 e. The summed E-state index contributed by atoms with van der Waals surface area (Å²) in [7, 11) is -7.23. The Balaban J connectivity index is 2.85. The van der Waals surface area contributed by atoms with Gasteiger partial charge in [0.05, 0.1) is 12.7 Å². The zero-order valence-electron chi connectivity index (χ0n) is 20.7. The monoisotopic (exact) mass is 507 g/mol. The van der Waals surface area contributed by atoms with Gasteiger partial charge in [-0.25, -0.2) is 13.6 Å². The summed E-state index contributed by atoms with van der Waals surface area (Å²) >= 11 is 0. The van der Waals surface area contributed by atoms with Crippen molar-refractivity contribution in [3.63, 3.8) is 0 Å². The zero-order chi connectivity index (χ0) is 25.8. The zero-order valence-corrected chi connectivity index (χ0v) is 22.5. The van der Waals surface area contributed by atoms with Gasteiger partial charge in [-0.05, 0) is 29.1 Å². The molecule has 0 aromatic heterocycles. The van der Waals surface area contributed by atoms with Crippen LogP contribution in [0.3, 0.4) is 0 Å². The van der Waals surface area contributed by atoms with Crippen LogP contribution in [0.15, 0.2) is 24.3 Å². The van der Waals surface area contributed by atoms with Crippen molar-refractivity contribution in [2.45, 2.75) is 84.2 Å². The van der Waals surface area contributed by atoms with E-state index in [9.17, 15) is 27.1 Å². The predicted octanol–water partition coefficient (Wildman–Crippen LogP) is 5.90. The van der Waals surface area contributed by atoms with Gasteiger partial charge in [-0.2, -0.15) is 12.7 Å². The van der Waals surface area contributed by atoms with Crippen LogP contribution in [-0.4, -0.2) is 44.4 Å². The molecule has 1 N–H and O–H groups in total. The van der Waals surface area contributed by atoms with Crippen LogP contribution >= 0.6 is 0 Å². The second kappa shape index (κ2) is 8.28. The Bertz CT molecular complexity index is 994. The van der Waals surface area contributed by atoms with E-state index < -0.39 is 54.3 Å². The topological polar surface area (TPSA) is 93.1 Å². The van der Waals surface area contributed by atoms with Gasteiger partial charge in [-0.15, -0.1) is 0 Å². The maximum Gasteiger partial charge on any atom is 0.423 e. The van der Waals surface area contributed by atoms with Gasteiger partial charge in [-0.1, -0.05) is 65.8 Å². The Labute approximate surface area is 196 Å². The summed E-state index contributed by atoms with van der Waals surface area (Å²) in [6, 6.07) is 5.40. The van der Waals surface area contributed by atoms with Gasteiger partial charge in [0.25, 0.3) is 5.92 Å². The second-order valence-electron chi connectivity index (χ2n) is 11.2. The lowest BCUT2D eigenvalue weighted by Gasteiger charge is -2.51. The maximum absolute atomic E-state index is 13.8. The first kappa shape index (κ1) is 27.7. The van der Waals surface area contributed by atoms with E-state index in [1.54, 1.807) is 20.8 Å². The van der Waals surface area contributed by atoms with Gasteiger partial charge in [0.1, 0.15) is 5.54 Å². The lowest BCUT2D eigenvalue weighted by molar-refractivity contribution is -0.0469. The molecule has 2 rings (SSSR count). The van der Waals surface area contributed by atoms with Crippen molar-refractivity contribution in [1.82, 2.24) is 4.31 Å². The van der Waals surface area contributed by atoms with Crippen molar-refractivity contribution in [2.24, 2.45) is 5.41 Å². The molecule has 1 heterocycles. The van der Waals surface area contributed by atoms with Crippen LogP contribution in [0.5, 0.6) is 0 Å². The molecule has 188 valence electrons. The molecule has 1 amide bonds. The molecular weight excluding hydrogens is 472 g/mol. The van der Waals surface area contributed by atoms with Crippen LogP contribution in [0.2, 0.25) is 18.1 Å². The van der Waals surface area contributed by atoms with Crippen LogP contribution in [0.25, 0.3) is 0 Å². The number of benzene rings is 1. The Morgan fingerprint density at radius 2 is 1.61 bits per heavy atom. The average molecular weight is 508 g/mol. The van der Waals surface area contributed by atoms with Crippen LogP contribution in [0, 0.1) is 5.41 Å². The van der Waals surface area contributed by atoms with Crippen LogP contribution < -0.4 is 0 Å². The molecule has 1 aliphatic heterocycles. The van der Waals surface area contributed by atoms with Crippen molar-refractivity contribution in [1.29, 1.82) is 0 Å². The lowest BCUT2D eigenvalue weighted by Crippen LogP contribution is -2.63. The summed E-state index contributed by atoms with van der Waals surface area (Å²) in [4.78, 5) is 12.3. The molecule has 7 nitrogen and oxygen atoms in total. The molecule has 0 saturated carbocycles. The van der Waals surface area contributed by atoms with E-state index in [0.29, 0.717) is 9.87 Å². The molecule has 0 bridgehead atoms. The standard InChI is InChI=1S/C22H35F2NO6SSi/c1-19(2,3)22(14-30-32(28,29)25(22)18(26)27)17(31-33(8,9)20(4,5)6)15-10-12-16(13-11-15)21(7,23)24/h10-13,17H,14H2,1-9H3,(H,26,27)/t17-,22+/m0/s1. The van der Waals surface area contributed by atoms with Crippen molar-refractivity contribution in [2.75, 3.05) is 6.61 Å². The first-order valence-electron chi connectivity index (χ1n) is 10.7. The Morgan fingerprint density at radius 1 is 1.12 bits per heavy atom. The molecule has 1 aromatic carbocycles. The quantitative estimate of drug-likeness (QED) is 0.499. The maximum atomic E-state index is 13.8. The molecule has 0 radical (unpaired) electrons. The summed E-state index contributed by atoms with van der Waals surface area (Å²) in [6.07, 6.45) is -2.78. The third-order valence-electron chi connectivity index (χ3n) is 6.86. The molecule has 33 heavy (non-hydrogen) atoms. The van der Waals surface area contributed by atoms with Crippen molar-refractivity contribution < 1.29 is 35.7 Å². The van der Waals surface area contributed by atoms with Crippen molar-refractivity contribution >= 4 is 24.7 Å².